The average molecular weight is 225 g/mol. The normalized spacial score (nSPS) is 18.8. The van der Waals surface area contributed by atoms with Crippen molar-refractivity contribution in [3.63, 3.8) is 0 Å². The van der Waals surface area contributed by atoms with Gasteiger partial charge in [-0.15, -0.1) is 0 Å². The molecular formula is C10H15N3O3. The van der Waals surface area contributed by atoms with Gasteiger partial charge in [-0.05, 0) is 7.05 Å². The van der Waals surface area contributed by atoms with Crippen molar-refractivity contribution in [2.24, 2.45) is 0 Å². The summed E-state index contributed by atoms with van der Waals surface area (Å²) in [5.74, 6) is -0.740. The third-order valence-electron chi connectivity index (χ3n) is 2.71. The minimum Gasteiger partial charge on any atom is -0.474 e. The lowest BCUT2D eigenvalue weighted by Crippen LogP contribution is -2.43. The van der Waals surface area contributed by atoms with Gasteiger partial charge in [0.25, 0.3) is 0 Å². The minimum atomic E-state index is -1.12. The maximum absolute atomic E-state index is 10.6. The van der Waals surface area contributed by atoms with Crippen molar-refractivity contribution >= 4 is 5.97 Å². The summed E-state index contributed by atoms with van der Waals surface area (Å²) in [6.45, 7) is 4.63. The molecule has 0 unspecified atom stereocenters. The number of oxazole rings is 1. The van der Waals surface area contributed by atoms with Crippen LogP contribution in [0.5, 0.6) is 0 Å². The SMILES string of the molecule is CN1CCN(Cc2cnc(C(=O)O)o2)CC1. The van der Waals surface area contributed by atoms with Crippen molar-refractivity contribution in [3.8, 4) is 0 Å². The van der Waals surface area contributed by atoms with E-state index in [2.05, 4.69) is 21.8 Å². The highest BCUT2D eigenvalue weighted by atomic mass is 16.4. The fourth-order valence-corrected chi connectivity index (χ4v) is 1.71. The van der Waals surface area contributed by atoms with E-state index in [1.807, 2.05) is 0 Å². The summed E-state index contributed by atoms with van der Waals surface area (Å²) in [5, 5.41) is 8.66. The van der Waals surface area contributed by atoms with Gasteiger partial charge < -0.3 is 14.4 Å². The molecule has 6 heteroatoms. The molecule has 0 amide bonds. The molecule has 0 aliphatic carbocycles. The number of hydrogen-bond acceptors (Lipinski definition) is 5. The smallest absolute Gasteiger partial charge is 0.392 e. The summed E-state index contributed by atoms with van der Waals surface area (Å²) in [6, 6.07) is 0. The number of carboxylic acids is 1. The van der Waals surface area contributed by atoms with Gasteiger partial charge in [-0.1, -0.05) is 0 Å². The van der Waals surface area contributed by atoms with Crippen LogP contribution in [-0.4, -0.2) is 59.1 Å². The van der Waals surface area contributed by atoms with E-state index >= 15 is 0 Å². The summed E-state index contributed by atoms with van der Waals surface area (Å²) in [7, 11) is 2.09. The fraction of sp³-hybridized carbons (Fsp3) is 0.600. The van der Waals surface area contributed by atoms with Crippen molar-refractivity contribution < 1.29 is 14.3 Å². The monoisotopic (exact) mass is 225 g/mol. The van der Waals surface area contributed by atoms with Gasteiger partial charge in [-0.25, -0.2) is 9.78 Å². The Morgan fingerprint density at radius 3 is 2.75 bits per heavy atom. The van der Waals surface area contributed by atoms with E-state index < -0.39 is 5.97 Å². The standard InChI is InChI=1S/C10H15N3O3/c1-12-2-4-13(5-3-12)7-8-6-11-9(16-8)10(14)15/h6H,2-5,7H2,1H3,(H,14,15). The van der Waals surface area contributed by atoms with Gasteiger partial charge in [0, 0.05) is 26.2 Å². The van der Waals surface area contributed by atoms with Crippen LogP contribution in [-0.2, 0) is 6.54 Å². The molecule has 1 aromatic heterocycles. The van der Waals surface area contributed by atoms with Crippen molar-refractivity contribution in [1.82, 2.24) is 14.8 Å². The molecular weight excluding hydrogens is 210 g/mol. The molecule has 1 N–H and O–H groups in total. The Morgan fingerprint density at radius 1 is 1.50 bits per heavy atom. The number of nitrogens with zero attached hydrogens (tertiary/aromatic N) is 3. The highest BCUT2D eigenvalue weighted by molar-refractivity contribution is 5.81. The van der Waals surface area contributed by atoms with Gasteiger partial charge in [0.15, 0.2) is 0 Å². The first kappa shape index (κ1) is 11.1. The predicted molar refractivity (Wildman–Crippen MR) is 56.2 cm³/mol. The first-order valence-corrected chi connectivity index (χ1v) is 5.24. The van der Waals surface area contributed by atoms with Crippen LogP contribution < -0.4 is 0 Å². The van der Waals surface area contributed by atoms with Crippen LogP contribution in [0.25, 0.3) is 0 Å². The summed E-state index contributed by atoms with van der Waals surface area (Å²) >= 11 is 0. The summed E-state index contributed by atoms with van der Waals surface area (Å²) in [5.41, 5.74) is 0. The van der Waals surface area contributed by atoms with Crippen LogP contribution in [0.15, 0.2) is 10.6 Å². The van der Waals surface area contributed by atoms with Crippen molar-refractivity contribution in [2.75, 3.05) is 33.2 Å². The third-order valence-corrected chi connectivity index (χ3v) is 2.71. The van der Waals surface area contributed by atoms with Crippen LogP contribution in [0.2, 0.25) is 0 Å². The topological polar surface area (TPSA) is 69.8 Å². The molecule has 2 heterocycles. The van der Waals surface area contributed by atoms with Crippen molar-refractivity contribution in [1.29, 1.82) is 0 Å². The molecule has 1 aliphatic heterocycles. The number of rotatable bonds is 3. The molecule has 0 radical (unpaired) electrons. The highest BCUT2D eigenvalue weighted by Gasteiger charge is 2.17. The van der Waals surface area contributed by atoms with Crippen molar-refractivity contribution in [3.05, 3.63) is 17.8 Å². The van der Waals surface area contributed by atoms with E-state index in [1.165, 1.54) is 6.20 Å². The second-order valence-corrected chi connectivity index (χ2v) is 4.02. The zero-order chi connectivity index (χ0) is 11.5. The van der Waals surface area contributed by atoms with E-state index in [0.29, 0.717) is 12.3 Å². The maximum Gasteiger partial charge on any atom is 0.392 e. The number of aromatic carboxylic acids is 1. The average Bonchev–Trinajstić information content (AvgIpc) is 2.70. The molecule has 1 aliphatic rings. The number of piperazine rings is 1. The van der Waals surface area contributed by atoms with Gasteiger partial charge >= 0.3 is 11.9 Å². The molecule has 0 bridgehead atoms. The van der Waals surface area contributed by atoms with Gasteiger partial charge in [0.2, 0.25) is 0 Å². The predicted octanol–water partition coefficient (Wildman–Crippen LogP) is 0.120. The third kappa shape index (κ3) is 2.59. The van der Waals surface area contributed by atoms with E-state index in [1.54, 1.807) is 0 Å². The first-order chi connectivity index (χ1) is 7.65. The van der Waals surface area contributed by atoms with Gasteiger partial charge in [-0.3, -0.25) is 4.90 Å². The Bertz CT molecular complexity index is 369. The molecule has 2 rings (SSSR count). The summed E-state index contributed by atoms with van der Waals surface area (Å²) in [4.78, 5) is 18.8. The lowest BCUT2D eigenvalue weighted by atomic mass is 10.3. The summed E-state index contributed by atoms with van der Waals surface area (Å²) < 4.78 is 5.11. The first-order valence-electron chi connectivity index (χ1n) is 5.24. The van der Waals surface area contributed by atoms with Crippen LogP contribution >= 0.6 is 0 Å². The Balaban J connectivity index is 1.91. The molecule has 0 atom stereocenters. The molecule has 0 aromatic carbocycles. The largest absolute Gasteiger partial charge is 0.474 e. The van der Waals surface area contributed by atoms with Crippen LogP contribution in [0.4, 0.5) is 0 Å². The van der Waals surface area contributed by atoms with Crippen molar-refractivity contribution in [2.45, 2.75) is 6.54 Å². The number of carboxylic acid groups (broad SMARTS) is 1. The number of likely N-dealkylation sites (N-methyl/N-ethyl adjacent to an activating group) is 1. The van der Waals surface area contributed by atoms with Gasteiger partial charge in [0.05, 0.1) is 12.7 Å². The van der Waals surface area contributed by atoms with Crippen LogP contribution in [0.3, 0.4) is 0 Å². The number of carbonyl (C=O) groups is 1. The lowest BCUT2D eigenvalue weighted by Gasteiger charge is -2.31. The van der Waals surface area contributed by atoms with Gasteiger partial charge in [0.1, 0.15) is 5.76 Å². The molecule has 1 aromatic rings. The van der Waals surface area contributed by atoms with Crippen LogP contribution in [0.1, 0.15) is 16.4 Å². The maximum atomic E-state index is 10.6. The molecule has 1 fully saturated rings. The quantitative estimate of drug-likeness (QED) is 0.788. The second-order valence-electron chi connectivity index (χ2n) is 4.02. The summed E-state index contributed by atoms with van der Waals surface area (Å²) in [6.07, 6.45) is 1.49. The zero-order valence-electron chi connectivity index (χ0n) is 9.22. The fourth-order valence-electron chi connectivity index (χ4n) is 1.71. The van der Waals surface area contributed by atoms with E-state index in [4.69, 9.17) is 9.52 Å². The second kappa shape index (κ2) is 4.63. The number of hydrogen-bond donors (Lipinski definition) is 1. The molecule has 0 saturated carbocycles. The van der Waals surface area contributed by atoms with Gasteiger partial charge in [-0.2, -0.15) is 0 Å². The van der Waals surface area contributed by atoms with E-state index in [0.717, 1.165) is 26.2 Å². The molecule has 88 valence electrons. The Labute approximate surface area is 93.5 Å². The Hall–Kier alpha value is -1.40. The van der Waals surface area contributed by atoms with E-state index in [-0.39, 0.29) is 5.89 Å². The zero-order valence-corrected chi connectivity index (χ0v) is 9.22. The molecule has 1 saturated heterocycles. The number of aromatic nitrogens is 1. The molecule has 6 nitrogen and oxygen atoms in total. The highest BCUT2D eigenvalue weighted by Crippen LogP contribution is 2.09. The molecule has 16 heavy (non-hydrogen) atoms. The Morgan fingerprint density at radius 2 is 2.19 bits per heavy atom. The minimum absolute atomic E-state index is 0.232. The Kier molecular flexibility index (Phi) is 3.21. The molecule has 0 spiro atoms. The lowest BCUT2D eigenvalue weighted by molar-refractivity contribution is 0.0648. The van der Waals surface area contributed by atoms with Crippen LogP contribution in [0, 0.1) is 0 Å². The van der Waals surface area contributed by atoms with E-state index in [9.17, 15) is 4.79 Å².